The molecule has 176 valence electrons. The van der Waals surface area contributed by atoms with Crippen molar-refractivity contribution < 1.29 is 9.59 Å². The number of carbonyl (C=O) groups is 2. The minimum atomic E-state index is -0.0953. The van der Waals surface area contributed by atoms with Gasteiger partial charge in [0.1, 0.15) is 5.82 Å². The third-order valence-corrected chi connectivity index (χ3v) is 6.44. The normalized spacial score (nSPS) is 20.1. The molecule has 0 bridgehead atoms. The zero-order valence-corrected chi connectivity index (χ0v) is 19.7. The van der Waals surface area contributed by atoms with Crippen molar-refractivity contribution in [1.82, 2.24) is 15.3 Å². The summed E-state index contributed by atoms with van der Waals surface area (Å²) in [6.07, 6.45) is 7.91. The third kappa shape index (κ3) is 6.21. The molecular formula is C25H34N6O2. The van der Waals surface area contributed by atoms with E-state index in [9.17, 15) is 9.59 Å². The van der Waals surface area contributed by atoms with Gasteiger partial charge in [0, 0.05) is 55.6 Å². The first-order valence-corrected chi connectivity index (χ1v) is 11.9. The van der Waals surface area contributed by atoms with E-state index in [1.165, 1.54) is 0 Å². The minimum absolute atomic E-state index is 0.0481. The van der Waals surface area contributed by atoms with Crippen molar-refractivity contribution in [3.63, 3.8) is 0 Å². The number of anilines is 3. The molecule has 2 amide bonds. The van der Waals surface area contributed by atoms with Crippen LogP contribution in [0.3, 0.4) is 0 Å². The van der Waals surface area contributed by atoms with Gasteiger partial charge < -0.3 is 20.9 Å². The molecule has 3 N–H and O–H groups in total. The molecule has 2 fully saturated rings. The molecule has 2 aliphatic carbocycles. The molecular weight excluding hydrogens is 416 g/mol. The predicted octanol–water partition coefficient (Wildman–Crippen LogP) is 3.60. The predicted molar refractivity (Wildman–Crippen MR) is 131 cm³/mol. The van der Waals surface area contributed by atoms with Crippen LogP contribution >= 0.6 is 0 Å². The Bertz CT molecular complexity index is 996. The lowest BCUT2D eigenvalue weighted by Gasteiger charge is -2.29. The van der Waals surface area contributed by atoms with Gasteiger partial charge in [-0.2, -0.15) is 4.98 Å². The average molecular weight is 451 g/mol. The molecule has 8 nitrogen and oxygen atoms in total. The van der Waals surface area contributed by atoms with Gasteiger partial charge in [-0.15, -0.1) is 0 Å². The van der Waals surface area contributed by atoms with E-state index in [0.717, 1.165) is 49.9 Å². The highest BCUT2D eigenvalue weighted by Gasteiger charge is 2.29. The summed E-state index contributed by atoms with van der Waals surface area (Å²) in [6, 6.07) is 7.52. The summed E-state index contributed by atoms with van der Waals surface area (Å²) in [6.45, 7) is 2.68. The van der Waals surface area contributed by atoms with Crippen LogP contribution in [-0.2, 0) is 4.79 Å². The van der Waals surface area contributed by atoms with Crippen LogP contribution in [0.1, 0.15) is 54.4 Å². The number of aryl methyl sites for hydroxylation is 1. The highest BCUT2D eigenvalue weighted by atomic mass is 16.2. The Hall–Kier alpha value is -3.16. The van der Waals surface area contributed by atoms with E-state index >= 15 is 0 Å². The molecule has 2 aliphatic rings. The SMILES string of the molecule is Cc1cnc(N[C@H]2CC[C@@H](CNC(=O)c3cccc(NC(=O)C4CC4)c3)CC2)nc1N(C)C. The van der Waals surface area contributed by atoms with Crippen molar-refractivity contribution in [3.8, 4) is 0 Å². The molecule has 0 unspecified atom stereocenters. The van der Waals surface area contributed by atoms with Crippen LogP contribution in [0.25, 0.3) is 0 Å². The molecule has 2 aromatic rings. The molecule has 1 aromatic carbocycles. The molecule has 8 heteroatoms. The smallest absolute Gasteiger partial charge is 0.251 e. The Labute approximate surface area is 195 Å². The summed E-state index contributed by atoms with van der Waals surface area (Å²) in [5, 5.41) is 9.45. The fourth-order valence-electron chi connectivity index (χ4n) is 4.32. The van der Waals surface area contributed by atoms with Crippen LogP contribution < -0.4 is 20.9 Å². The molecule has 2 saturated carbocycles. The van der Waals surface area contributed by atoms with E-state index in [1.807, 2.05) is 44.2 Å². The molecule has 1 aromatic heterocycles. The number of rotatable bonds is 8. The lowest BCUT2D eigenvalue weighted by Crippen LogP contribution is -2.34. The number of hydrogen-bond donors (Lipinski definition) is 3. The maximum absolute atomic E-state index is 12.6. The third-order valence-electron chi connectivity index (χ3n) is 6.44. The highest BCUT2D eigenvalue weighted by molar-refractivity contribution is 5.98. The molecule has 0 spiro atoms. The van der Waals surface area contributed by atoms with Crippen molar-refractivity contribution in [3.05, 3.63) is 41.6 Å². The van der Waals surface area contributed by atoms with Crippen molar-refractivity contribution in [2.24, 2.45) is 11.8 Å². The second kappa shape index (κ2) is 10.2. The lowest BCUT2D eigenvalue weighted by atomic mass is 9.86. The molecule has 0 saturated heterocycles. The first-order valence-electron chi connectivity index (χ1n) is 11.9. The van der Waals surface area contributed by atoms with E-state index < -0.39 is 0 Å². The molecule has 0 atom stereocenters. The second-order valence-electron chi connectivity index (χ2n) is 9.51. The lowest BCUT2D eigenvalue weighted by molar-refractivity contribution is -0.117. The van der Waals surface area contributed by atoms with Gasteiger partial charge in [-0.05, 0) is 69.6 Å². The van der Waals surface area contributed by atoms with Crippen LogP contribution in [0.4, 0.5) is 17.5 Å². The van der Waals surface area contributed by atoms with E-state index in [4.69, 9.17) is 0 Å². The largest absolute Gasteiger partial charge is 0.362 e. The number of carbonyl (C=O) groups excluding carboxylic acids is 2. The van der Waals surface area contributed by atoms with E-state index in [1.54, 1.807) is 12.1 Å². The monoisotopic (exact) mass is 450 g/mol. The van der Waals surface area contributed by atoms with Crippen LogP contribution in [0.15, 0.2) is 30.5 Å². The molecule has 4 rings (SSSR count). The number of aromatic nitrogens is 2. The Morgan fingerprint density at radius 2 is 1.85 bits per heavy atom. The van der Waals surface area contributed by atoms with Gasteiger partial charge in [-0.1, -0.05) is 6.07 Å². The van der Waals surface area contributed by atoms with Crippen molar-refractivity contribution in [1.29, 1.82) is 0 Å². The van der Waals surface area contributed by atoms with E-state index in [-0.39, 0.29) is 17.7 Å². The van der Waals surface area contributed by atoms with Crippen LogP contribution in [0.5, 0.6) is 0 Å². The van der Waals surface area contributed by atoms with Gasteiger partial charge in [0.25, 0.3) is 5.91 Å². The zero-order valence-electron chi connectivity index (χ0n) is 19.7. The summed E-state index contributed by atoms with van der Waals surface area (Å²) in [5.74, 6) is 2.16. The van der Waals surface area contributed by atoms with Gasteiger partial charge in [0.15, 0.2) is 0 Å². The Kier molecular flexibility index (Phi) is 7.11. The maximum atomic E-state index is 12.6. The van der Waals surface area contributed by atoms with E-state index in [2.05, 4.69) is 25.9 Å². The van der Waals surface area contributed by atoms with Gasteiger partial charge in [0.05, 0.1) is 0 Å². The van der Waals surface area contributed by atoms with E-state index in [0.29, 0.717) is 35.7 Å². The summed E-state index contributed by atoms with van der Waals surface area (Å²) < 4.78 is 0. The van der Waals surface area contributed by atoms with Crippen molar-refractivity contribution in [2.45, 2.75) is 51.5 Å². The Balaban J connectivity index is 1.22. The van der Waals surface area contributed by atoms with Crippen LogP contribution in [0.2, 0.25) is 0 Å². The number of nitrogens with one attached hydrogen (secondary N) is 3. The molecule has 0 radical (unpaired) electrons. The fraction of sp³-hybridized carbons (Fsp3) is 0.520. The number of hydrogen-bond acceptors (Lipinski definition) is 6. The van der Waals surface area contributed by atoms with Crippen molar-refractivity contribution in [2.75, 3.05) is 36.2 Å². The Morgan fingerprint density at radius 1 is 1.09 bits per heavy atom. The minimum Gasteiger partial charge on any atom is -0.362 e. The van der Waals surface area contributed by atoms with Gasteiger partial charge in [0.2, 0.25) is 11.9 Å². The number of nitrogens with zero attached hydrogens (tertiary/aromatic N) is 3. The van der Waals surface area contributed by atoms with Gasteiger partial charge in [-0.25, -0.2) is 4.98 Å². The summed E-state index contributed by atoms with van der Waals surface area (Å²) in [7, 11) is 3.97. The maximum Gasteiger partial charge on any atom is 0.251 e. The highest BCUT2D eigenvalue weighted by Crippen LogP contribution is 2.30. The van der Waals surface area contributed by atoms with Gasteiger partial charge >= 0.3 is 0 Å². The topological polar surface area (TPSA) is 99.2 Å². The molecule has 0 aliphatic heterocycles. The number of benzene rings is 1. The van der Waals surface area contributed by atoms with Crippen LogP contribution in [-0.4, -0.2) is 48.5 Å². The molecule has 33 heavy (non-hydrogen) atoms. The Morgan fingerprint density at radius 3 is 2.55 bits per heavy atom. The van der Waals surface area contributed by atoms with Gasteiger partial charge in [-0.3, -0.25) is 9.59 Å². The summed E-state index contributed by atoms with van der Waals surface area (Å²) in [4.78, 5) is 35.7. The zero-order chi connectivity index (χ0) is 23.4. The second-order valence-corrected chi connectivity index (χ2v) is 9.51. The van der Waals surface area contributed by atoms with Crippen molar-refractivity contribution >= 4 is 29.3 Å². The van der Waals surface area contributed by atoms with Crippen LogP contribution in [0, 0.1) is 18.8 Å². The summed E-state index contributed by atoms with van der Waals surface area (Å²) >= 11 is 0. The average Bonchev–Trinajstić information content (AvgIpc) is 3.65. The standard InChI is InChI=1S/C25H34N6O2/c1-16-14-27-25(30-22(16)31(2)3)29-20-11-7-17(8-12-20)15-26-23(32)19-5-4-6-21(13-19)28-24(33)18-9-10-18/h4-6,13-14,17-18,20H,7-12,15H2,1-3H3,(H,26,32)(H,28,33)(H,27,29,30)/t17-,20+. The number of amides is 2. The summed E-state index contributed by atoms with van der Waals surface area (Å²) in [5.41, 5.74) is 2.31. The quantitative estimate of drug-likeness (QED) is 0.568. The molecule has 1 heterocycles. The fourth-order valence-corrected chi connectivity index (χ4v) is 4.32. The first-order chi connectivity index (χ1) is 15.9. The first kappa shape index (κ1) is 23.0.